The molecule has 1 aromatic rings. The quantitative estimate of drug-likeness (QED) is 0.907. The van der Waals surface area contributed by atoms with Crippen LogP contribution in [0, 0.1) is 5.41 Å². The molecule has 4 heteroatoms. The first kappa shape index (κ1) is 13.0. The van der Waals surface area contributed by atoms with E-state index in [1.165, 1.54) is 32.1 Å². The summed E-state index contributed by atoms with van der Waals surface area (Å²) in [6.07, 6.45) is 10.3. The Labute approximate surface area is 115 Å². The van der Waals surface area contributed by atoms with Gasteiger partial charge in [-0.3, -0.25) is 4.68 Å². The molecule has 2 saturated carbocycles. The van der Waals surface area contributed by atoms with Gasteiger partial charge in [0, 0.05) is 37.4 Å². The van der Waals surface area contributed by atoms with E-state index in [4.69, 9.17) is 4.74 Å². The lowest BCUT2D eigenvalue weighted by Crippen LogP contribution is -2.62. The van der Waals surface area contributed by atoms with Gasteiger partial charge in [0.15, 0.2) is 0 Å². The van der Waals surface area contributed by atoms with Crippen LogP contribution in [0.5, 0.6) is 0 Å². The molecule has 0 bridgehead atoms. The Morgan fingerprint density at radius 2 is 2.21 bits per heavy atom. The number of ether oxygens (including phenoxy) is 1. The van der Waals surface area contributed by atoms with E-state index < -0.39 is 0 Å². The zero-order valence-corrected chi connectivity index (χ0v) is 12.1. The zero-order chi connectivity index (χ0) is 13.3. The number of anilines is 1. The van der Waals surface area contributed by atoms with Crippen molar-refractivity contribution in [1.82, 2.24) is 9.78 Å². The van der Waals surface area contributed by atoms with Crippen molar-refractivity contribution < 1.29 is 4.74 Å². The third-order valence-corrected chi connectivity index (χ3v) is 4.97. The summed E-state index contributed by atoms with van der Waals surface area (Å²) >= 11 is 0. The van der Waals surface area contributed by atoms with Crippen molar-refractivity contribution in [2.24, 2.45) is 12.5 Å². The molecule has 2 aliphatic carbocycles. The van der Waals surface area contributed by atoms with Crippen molar-refractivity contribution in [3.05, 3.63) is 12.3 Å². The van der Waals surface area contributed by atoms with Crippen LogP contribution in [0.2, 0.25) is 0 Å². The largest absolute Gasteiger partial charge is 0.378 e. The summed E-state index contributed by atoms with van der Waals surface area (Å²) in [6, 6.07) is 2.60. The molecule has 2 aliphatic rings. The van der Waals surface area contributed by atoms with Crippen molar-refractivity contribution in [1.29, 1.82) is 0 Å². The maximum atomic E-state index is 5.98. The molecule has 3 rings (SSSR count). The second-order valence-electron chi connectivity index (χ2n) is 6.05. The number of aromatic nitrogens is 2. The van der Waals surface area contributed by atoms with Crippen LogP contribution in [0.3, 0.4) is 0 Å². The standard InChI is InChI=1S/C15H25N3O/c1-3-19-13-11-12(15(13)8-5-4-6-9-15)16-14-7-10-18(2)17-14/h7,10,12-13H,3-6,8-9,11H2,1-2H3,(H,16,17). The first-order valence-electron chi connectivity index (χ1n) is 7.62. The highest BCUT2D eigenvalue weighted by atomic mass is 16.5. The number of hydrogen-bond donors (Lipinski definition) is 1. The Hall–Kier alpha value is -1.03. The summed E-state index contributed by atoms with van der Waals surface area (Å²) in [5.74, 6) is 1.01. The molecular formula is C15H25N3O. The van der Waals surface area contributed by atoms with Gasteiger partial charge in [-0.15, -0.1) is 0 Å². The summed E-state index contributed by atoms with van der Waals surface area (Å²) < 4.78 is 7.83. The maximum Gasteiger partial charge on any atom is 0.148 e. The highest BCUT2D eigenvalue weighted by Crippen LogP contribution is 2.54. The first-order valence-corrected chi connectivity index (χ1v) is 7.62. The number of nitrogens with one attached hydrogen (secondary N) is 1. The van der Waals surface area contributed by atoms with E-state index >= 15 is 0 Å². The molecule has 1 aromatic heterocycles. The van der Waals surface area contributed by atoms with Gasteiger partial charge in [0.05, 0.1) is 6.10 Å². The van der Waals surface area contributed by atoms with Gasteiger partial charge in [-0.25, -0.2) is 0 Å². The van der Waals surface area contributed by atoms with Crippen LogP contribution >= 0.6 is 0 Å². The number of aryl methyl sites for hydroxylation is 1. The fourth-order valence-electron chi connectivity index (χ4n) is 3.94. The summed E-state index contributed by atoms with van der Waals surface area (Å²) in [4.78, 5) is 0. The van der Waals surface area contributed by atoms with E-state index in [1.807, 2.05) is 17.9 Å². The molecule has 2 unspecified atom stereocenters. The van der Waals surface area contributed by atoms with Crippen LogP contribution in [-0.4, -0.2) is 28.5 Å². The number of hydrogen-bond acceptors (Lipinski definition) is 3. The molecule has 106 valence electrons. The van der Waals surface area contributed by atoms with E-state index in [-0.39, 0.29) is 0 Å². The Morgan fingerprint density at radius 3 is 2.84 bits per heavy atom. The Morgan fingerprint density at radius 1 is 1.42 bits per heavy atom. The van der Waals surface area contributed by atoms with Crippen LogP contribution in [0.15, 0.2) is 12.3 Å². The zero-order valence-electron chi connectivity index (χ0n) is 12.1. The van der Waals surface area contributed by atoms with Gasteiger partial charge in [-0.05, 0) is 26.2 Å². The highest BCUT2D eigenvalue weighted by molar-refractivity contribution is 5.36. The molecule has 1 heterocycles. The van der Waals surface area contributed by atoms with Crippen molar-refractivity contribution in [2.75, 3.05) is 11.9 Å². The molecule has 2 fully saturated rings. The SMILES string of the molecule is CCOC1CC(Nc2ccn(C)n2)C12CCCCC2. The van der Waals surface area contributed by atoms with Crippen LogP contribution < -0.4 is 5.32 Å². The topological polar surface area (TPSA) is 39.1 Å². The highest BCUT2D eigenvalue weighted by Gasteiger charge is 2.55. The molecular weight excluding hydrogens is 238 g/mol. The maximum absolute atomic E-state index is 5.98. The molecule has 1 spiro atoms. The molecule has 0 radical (unpaired) electrons. The molecule has 19 heavy (non-hydrogen) atoms. The van der Waals surface area contributed by atoms with Gasteiger partial charge in [-0.2, -0.15) is 5.10 Å². The normalized spacial score (nSPS) is 29.2. The Balaban J connectivity index is 1.71. The monoisotopic (exact) mass is 263 g/mol. The van der Waals surface area contributed by atoms with Gasteiger partial charge < -0.3 is 10.1 Å². The summed E-state index contributed by atoms with van der Waals surface area (Å²) in [5, 5.41) is 8.08. The number of nitrogens with zero attached hydrogens (tertiary/aromatic N) is 2. The summed E-state index contributed by atoms with van der Waals surface area (Å²) in [7, 11) is 1.96. The predicted octanol–water partition coefficient (Wildman–Crippen LogP) is 2.96. The minimum Gasteiger partial charge on any atom is -0.378 e. The fourth-order valence-corrected chi connectivity index (χ4v) is 3.94. The lowest BCUT2D eigenvalue weighted by Gasteiger charge is -2.57. The number of rotatable bonds is 4. The van der Waals surface area contributed by atoms with Crippen LogP contribution in [-0.2, 0) is 11.8 Å². The minimum absolute atomic E-state index is 0.367. The van der Waals surface area contributed by atoms with Crippen LogP contribution in [0.4, 0.5) is 5.82 Å². The summed E-state index contributed by atoms with van der Waals surface area (Å²) in [6.45, 7) is 2.94. The van der Waals surface area contributed by atoms with Gasteiger partial charge in [-0.1, -0.05) is 19.3 Å². The smallest absolute Gasteiger partial charge is 0.148 e. The van der Waals surface area contributed by atoms with Crippen molar-refractivity contribution in [2.45, 2.75) is 57.6 Å². The lowest BCUT2D eigenvalue weighted by atomic mass is 9.55. The van der Waals surface area contributed by atoms with Gasteiger partial charge >= 0.3 is 0 Å². The third-order valence-electron chi connectivity index (χ3n) is 4.97. The third kappa shape index (κ3) is 2.27. The molecule has 4 nitrogen and oxygen atoms in total. The average Bonchev–Trinajstić information content (AvgIpc) is 2.84. The van der Waals surface area contributed by atoms with E-state index in [2.05, 4.69) is 23.4 Å². The minimum atomic E-state index is 0.367. The lowest BCUT2D eigenvalue weighted by molar-refractivity contribution is -0.134. The van der Waals surface area contributed by atoms with Crippen molar-refractivity contribution in [3.63, 3.8) is 0 Å². The first-order chi connectivity index (χ1) is 9.24. The Bertz CT molecular complexity index is 423. The molecule has 2 atom stereocenters. The predicted molar refractivity (Wildman–Crippen MR) is 76.2 cm³/mol. The Kier molecular flexibility index (Phi) is 3.52. The van der Waals surface area contributed by atoms with Gasteiger partial charge in [0.1, 0.15) is 5.82 Å². The van der Waals surface area contributed by atoms with E-state index in [9.17, 15) is 0 Å². The van der Waals surface area contributed by atoms with Crippen molar-refractivity contribution >= 4 is 5.82 Å². The summed E-state index contributed by atoms with van der Waals surface area (Å²) in [5.41, 5.74) is 0.367. The van der Waals surface area contributed by atoms with Crippen molar-refractivity contribution in [3.8, 4) is 0 Å². The molecule has 0 amide bonds. The molecule has 0 saturated heterocycles. The molecule has 0 aromatic carbocycles. The molecule has 1 N–H and O–H groups in total. The van der Waals surface area contributed by atoms with E-state index in [1.54, 1.807) is 0 Å². The van der Waals surface area contributed by atoms with Gasteiger partial charge in [0.25, 0.3) is 0 Å². The second kappa shape index (κ2) is 5.16. The van der Waals surface area contributed by atoms with Gasteiger partial charge in [0.2, 0.25) is 0 Å². The average molecular weight is 263 g/mol. The van der Waals surface area contributed by atoms with E-state index in [0.717, 1.165) is 18.8 Å². The fraction of sp³-hybridized carbons (Fsp3) is 0.800. The van der Waals surface area contributed by atoms with E-state index in [0.29, 0.717) is 17.6 Å². The second-order valence-corrected chi connectivity index (χ2v) is 6.05. The van der Waals surface area contributed by atoms with Crippen LogP contribution in [0.1, 0.15) is 45.4 Å². The molecule has 0 aliphatic heterocycles. The van der Waals surface area contributed by atoms with Crippen LogP contribution in [0.25, 0.3) is 0 Å².